The number of likely N-dealkylation sites (N-methyl/N-ethyl adjacent to an activating group) is 1. The summed E-state index contributed by atoms with van der Waals surface area (Å²) in [5.41, 5.74) is 3.75. The van der Waals surface area contributed by atoms with Gasteiger partial charge in [0, 0.05) is 24.3 Å². The highest BCUT2D eigenvalue weighted by Gasteiger charge is 2.31. The minimum Gasteiger partial charge on any atom is -0.314 e. The molecule has 7 heteroatoms. The Bertz CT molecular complexity index is 1190. The fraction of sp³-hybridized carbons (Fsp3) is 0.240. The third kappa shape index (κ3) is 5.38. The number of carbonyl (C=O) groups excluding carboxylic acids is 1. The van der Waals surface area contributed by atoms with Crippen molar-refractivity contribution in [2.24, 2.45) is 0 Å². The van der Waals surface area contributed by atoms with Crippen molar-refractivity contribution in [3.63, 3.8) is 0 Å². The molecule has 0 saturated carbocycles. The number of benzene rings is 3. The van der Waals surface area contributed by atoms with Crippen LogP contribution in [-0.2, 0) is 21.4 Å². The van der Waals surface area contributed by atoms with Crippen molar-refractivity contribution < 1.29 is 13.2 Å². The summed E-state index contributed by atoms with van der Waals surface area (Å²) in [6, 6.07) is 19.8. The first kappa shape index (κ1) is 24.0. The third-order valence-corrected chi connectivity index (χ3v) is 7.65. The fourth-order valence-electron chi connectivity index (χ4n) is 3.77. The van der Waals surface area contributed by atoms with Gasteiger partial charge < -0.3 is 4.90 Å². The summed E-state index contributed by atoms with van der Waals surface area (Å²) < 4.78 is 28.8. The van der Waals surface area contributed by atoms with Gasteiger partial charge in [-0.05, 0) is 61.7 Å². The average molecular weight is 471 g/mol. The average Bonchev–Trinajstić information content (AvgIpc) is 2.73. The van der Waals surface area contributed by atoms with Crippen molar-refractivity contribution in [1.82, 2.24) is 4.31 Å². The first-order valence-corrected chi connectivity index (χ1v) is 12.1. The number of anilines is 1. The van der Waals surface area contributed by atoms with Gasteiger partial charge in [-0.1, -0.05) is 59.6 Å². The Morgan fingerprint density at radius 3 is 2.03 bits per heavy atom. The lowest BCUT2D eigenvalue weighted by atomic mass is 10.1. The summed E-state index contributed by atoms with van der Waals surface area (Å²) in [4.78, 5) is 14.8. The van der Waals surface area contributed by atoms with Gasteiger partial charge in [0.15, 0.2) is 0 Å². The van der Waals surface area contributed by atoms with Crippen molar-refractivity contribution >= 4 is 33.2 Å². The van der Waals surface area contributed by atoms with E-state index >= 15 is 0 Å². The Labute approximate surface area is 195 Å². The van der Waals surface area contributed by atoms with E-state index in [0.717, 1.165) is 11.1 Å². The zero-order valence-corrected chi connectivity index (χ0v) is 20.2. The van der Waals surface area contributed by atoms with Crippen LogP contribution in [0.15, 0.2) is 71.6 Å². The molecule has 0 aliphatic rings. The monoisotopic (exact) mass is 470 g/mol. The summed E-state index contributed by atoms with van der Waals surface area (Å²) in [5.74, 6) is -0.323. The van der Waals surface area contributed by atoms with E-state index in [9.17, 15) is 13.2 Å². The molecule has 168 valence electrons. The summed E-state index contributed by atoms with van der Waals surface area (Å²) >= 11 is 5.99. The molecule has 5 nitrogen and oxygen atoms in total. The Morgan fingerprint density at radius 1 is 0.906 bits per heavy atom. The van der Waals surface area contributed by atoms with Gasteiger partial charge in [0.25, 0.3) is 0 Å². The van der Waals surface area contributed by atoms with Crippen LogP contribution in [0.2, 0.25) is 5.02 Å². The van der Waals surface area contributed by atoms with E-state index in [-0.39, 0.29) is 23.9 Å². The lowest BCUT2D eigenvalue weighted by molar-refractivity contribution is -0.118. The number of hydrogen-bond donors (Lipinski definition) is 0. The zero-order valence-electron chi connectivity index (χ0n) is 18.7. The highest BCUT2D eigenvalue weighted by molar-refractivity contribution is 7.89. The number of nitrogens with zero attached hydrogens (tertiary/aromatic N) is 2. The second-order valence-corrected chi connectivity index (χ2v) is 10.2. The van der Waals surface area contributed by atoms with Crippen molar-refractivity contribution in [2.75, 3.05) is 18.5 Å². The van der Waals surface area contributed by atoms with Crippen LogP contribution in [-0.4, -0.2) is 32.2 Å². The number of rotatable bonds is 7. The molecule has 0 fully saturated rings. The number of hydrogen-bond acceptors (Lipinski definition) is 3. The molecule has 0 unspecified atom stereocenters. The Balaban J connectivity index is 2.00. The van der Waals surface area contributed by atoms with Gasteiger partial charge in [-0.2, -0.15) is 4.31 Å². The minimum atomic E-state index is -3.95. The smallest absolute Gasteiger partial charge is 0.244 e. The minimum absolute atomic E-state index is 0.0562. The number of para-hydroxylation sites is 1. The van der Waals surface area contributed by atoms with Crippen LogP contribution in [0.3, 0.4) is 0 Å². The number of halogens is 1. The van der Waals surface area contributed by atoms with E-state index in [1.807, 2.05) is 49.4 Å². The molecular formula is C25H27ClN2O3S. The summed E-state index contributed by atoms with van der Waals surface area (Å²) in [6.45, 7) is 5.26. The van der Waals surface area contributed by atoms with E-state index in [1.165, 1.54) is 9.21 Å². The van der Waals surface area contributed by atoms with Gasteiger partial charge >= 0.3 is 0 Å². The molecule has 0 spiro atoms. The molecule has 3 aromatic rings. The highest BCUT2D eigenvalue weighted by atomic mass is 35.5. The number of sulfonamides is 1. The summed E-state index contributed by atoms with van der Waals surface area (Å²) in [5, 5.41) is 0.563. The molecular weight excluding hydrogens is 444 g/mol. The van der Waals surface area contributed by atoms with Crippen molar-refractivity contribution in [1.29, 1.82) is 0 Å². The lowest BCUT2D eigenvalue weighted by Crippen LogP contribution is -2.41. The molecule has 0 aromatic heterocycles. The van der Waals surface area contributed by atoms with Crippen LogP contribution in [0.5, 0.6) is 0 Å². The van der Waals surface area contributed by atoms with Gasteiger partial charge in [-0.3, -0.25) is 4.79 Å². The fourth-order valence-corrected chi connectivity index (χ4v) is 5.69. The van der Waals surface area contributed by atoms with Gasteiger partial charge in [0.2, 0.25) is 15.9 Å². The molecule has 0 atom stereocenters. The van der Waals surface area contributed by atoms with Crippen molar-refractivity contribution in [2.45, 2.75) is 32.2 Å². The van der Waals surface area contributed by atoms with Gasteiger partial charge in [-0.25, -0.2) is 8.42 Å². The van der Waals surface area contributed by atoms with Crippen molar-refractivity contribution in [3.05, 3.63) is 94.0 Å². The third-order valence-electron chi connectivity index (χ3n) is 5.30. The maximum Gasteiger partial charge on any atom is 0.244 e. The second kappa shape index (κ2) is 9.86. The van der Waals surface area contributed by atoms with Crippen LogP contribution >= 0.6 is 11.6 Å². The molecule has 3 aromatic carbocycles. The van der Waals surface area contributed by atoms with Crippen LogP contribution < -0.4 is 4.90 Å². The van der Waals surface area contributed by atoms with E-state index in [4.69, 9.17) is 11.6 Å². The normalized spacial score (nSPS) is 11.6. The molecule has 1 amide bonds. The maximum absolute atomic E-state index is 13.8. The zero-order chi connectivity index (χ0) is 23.5. The molecule has 0 heterocycles. The predicted octanol–water partition coefficient (Wildman–Crippen LogP) is 5.12. The number of amides is 1. The molecule has 32 heavy (non-hydrogen) atoms. The Hall–Kier alpha value is -2.67. The first-order chi connectivity index (χ1) is 15.1. The summed E-state index contributed by atoms with van der Waals surface area (Å²) in [6.07, 6.45) is 0. The van der Waals surface area contributed by atoms with Crippen LogP contribution in [0.4, 0.5) is 5.69 Å². The molecule has 0 saturated heterocycles. The van der Waals surface area contributed by atoms with Crippen molar-refractivity contribution in [3.8, 4) is 0 Å². The van der Waals surface area contributed by atoms with E-state index in [2.05, 4.69) is 0 Å². The van der Waals surface area contributed by atoms with Gasteiger partial charge in [0.1, 0.15) is 0 Å². The molecule has 0 N–H and O–H groups in total. The number of carbonyl (C=O) groups is 1. The lowest BCUT2D eigenvalue weighted by Gasteiger charge is -2.26. The van der Waals surface area contributed by atoms with Crippen LogP contribution in [0.25, 0.3) is 0 Å². The Kier molecular flexibility index (Phi) is 7.39. The Morgan fingerprint density at radius 2 is 1.47 bits per heavy atom. The summed E-state index contributed by atoms with van der Waals surface area (Å²) in [7, 11) is -2.30. The predicted molar refractivity (Wildman–Crippen MR) is 130 cm³/mol. The SMILES string of the molecule is Cc1cc(C)c(S(=O)(=O)N(CC(=O)N(C)c2ccccc2)Cc2ccc(Cl)cc2)c(C)c1. The van der Waals surface area contributed by atoms with E-state index < -0.39 is 10.0 Å². The van der Waals surface area contributed by atoms with E-state index in [0.29, 0.717) is 21.8 Å². The van der Waals surface area contributed by atoms with Gasteiger partial charge in [-0.15, -0.1) is 0 Å². The standard InChI is InChI=1S/C25H27ClN2O3S/c1-18-14-19(2)25(20(3)15-18)32(30,31)28(16-21-10-12-22(26)13-11-21)17-24(29)27(4)23-8-6-5-7-9-23/h5-15H,16-17H2,1-4H3. The highest BCUT2D eigenvalue weighted by Crippen LogP contribution is 2.27. The van der Waals surface area contributed by atoms with E-state index in [1.54, 1.807) is 45.2 Å². The molecule has 0 radical (unpaired) electrons. The first-order valence-electron chi connectivity index (χ1n) is 10.2. The molecule has 0 bridgehead atoms. The molecule has 0 aliphatic heterocycles. The maximum atomic E-state index is 13.8. The quantitative estimate of drug-likeness (QED) is 0.481. The topological polar surface area (TPSA) is 57.7 Å². The molecule has 0 aliphatic carbocycles. The largest absolute Gasteiger partial charge is 0.314 e. The second-order valence-electron chi connectivity index (χ2n) is 7.92. The number of aryl methyl sites for hydroxylation is 3. The molecule has 3 rings (SSSR count). The van der Waals surface area contributed by atoms with Crippen LogP contribution in [0.1, 0.15) is 22.3 Å². The van der Waals surface area contributed by atoms with Crippen LogP contribution in [0, 0.1) is 20.8 Å². The van der Waals surface area contributed by atoms with Gasteiger partial charge in [0.05, 0.1) is 11.4 Å².